The third kappa shape index (κ3) is 4.38. The molecule has 0 aliphatic carbocycles. The number of hydrogen-bond donors (Lipinski definition) is 1. The lowest BCUT2D eigenvalue weighted by Crippen LogP contribution is -2.17. The summed E-state index contributed by atoms with van der Waals surface area (Å²) in [5.41, 5.74) is 0.230. The van der Waals surface area contributed by atoms with Gasteiger partial charge in [0.1, 0.15) is 5.75 Å². The number of nitrogens with zero attached hydrogens (tertiary/aromatic N) is 2. The van der Waals surface area contributed by atoms with Crippen LogP contribution in [0.2, 0.25) is 0 Å². The van der Waals surface area contributed by atoms with Gasteiger partial charge in [0.25, 0.3) is 0 Å². The van der Waals surface area contributed by atoms with Crippen LogP contribution in [0, 0.1) is 0 Å². The molecular formula is C15H20N2O4S. The van der Waals surface area contributed by atoms with Crippen LogP contribution in [0.5, 0.6) is 0 Å². The van der Waals surface area contributed by atoms with E-state index in [0.29, 0.717) is 11.5 Å². The molecule has 1 N–H and O–H groups in total. The first kappa shape index (κ1) is 16.6. The number of aromatic nitrogens is 2. The highest BCUT2D eigenvalue weighted by atomic mass is 32.2. The van der Waals surface area contributed by atoms with Gasteiger partial charge in [0.15, 0.2) is 15.7 Å². The Balaban J connectivity index is 2.07. The molecule has 0 aliphatic rings. The lowest BCUT2D eigenvalue weighted by atomic mass is 9.97. The Morgan fingerprint density at radius 3 is 2.41 bits per heavy atom. The average molecular weight is 324 g/mol. The van der Waals surface area contributed by atoms with Crippen LogP contribution in [0.15, 0.2) is 34.9 Å². The summed E-state index contributed by atoms with van der Waals surface area (Å²) in [7, 11) is -3.55. The smallest absolute Gasteiger partial charge is 0.232 e. The molecule has 120 valence electrons. The summed E-state index contributed by atoms with van der Waals surface area (Å²) in [5, 5.41) is 13.7. The fraction of sp³-hybridized carbons (Fsp3) is 0.467. The lowest BCUT2D eigenvalue weighted by molar-refractivity contribution is 0.201. The Bertz CT molecular complexity index is 718. The molecule has 1 atom stereocenters. The molecule has 0 radical (unpaired) electrons. The molecule has 0 bridgehead atoms. The van der Waals surface area contributed by atoms with Crippen molar-refractivity contribution in [3.63, 3.8) is 0 Å². The maximum absolute atomic E-state index is 12.2. The summed E-state index contributed by atoms with van der Waals surface area (Å²) >= 11 is 0. The number of aliphatic hydroxyl groups excluding tert-OH is 1. The van der Waals surface area contributed by atoms with E-state index in [-0.39, 0.29) is 22.7 Å². The Hall–Kier alpha value is -1.73. The van der Waals surface area contributed by atoms with Crippen LogP contribution in [0.1, 0.15) is 44.2 Å². The standard InChI is InChI=1S/C15H20N2O4S/c1-15(2,3)14-16-13(17-21-14)10-22(19,20)9-12(18)11-7-5-4-6-8-11/h4-8,12,18H,9-10H2,1-3H3/t12-/m0/s1. The third-order valence-corrected chi connectivity index (χ3v) is 4.58. The average Bonchev–Trinajstić information content (AvgIpc) is 2.86. The van der Waals surface area contributed by atoms with E-state index in [1.54, 1.807) is 30.3 Å². The summed E-state index contributed by atoms with van der Waals surface area (Å²) < 4.78 is 29.4. The number of benzene rings is 1. The van der Waals surface area contributed by atoms with Crippen molar-refractivity contribution in [2.45, 2.75) is 38.0 Å². The van der Waals surface area contributed by atoms with Gasteiger partial charge in [0, 0.05) is 5.41 Å². The third-order valence-electron chi connectivity index (χ3n) is 3.05. The maximum Gasteiger partial charge on any atom is 0.232 e. The Morgan fingerprint density at radius 1 is 1.23 bits per heavy atom. The van der Waals surface area contributed by atoms with E-state index in [1.807, 2.05) is 20.8 Å². The lowest BCUT2D eigenvalue weighted by Gasteiger charge is -2.11. The van der Waals surface area contributed by atoms with Crippen LogP contribution in [0.4, 0.5) is 0 Å². The van der Waals surface area contributed by atoms with Crippen LogP contribution in [0.3, 0.4) is 0 Å². The second-order valence-electron chi connectivity index (χ2n) is 6.25. The molecule has 0 saturated heterocycles. The first-order chi connectivity index (χ1) is 10.2. The summed E-state index contributed by atoms with van der Waals surface area (Å²) in [4.78, 5) is 4.11. The van der Waals surface area contributed by atoms with Crippen molar-refractivity contribution in [3.05, 3.63) is 47.6 Å². The highest BCUT2D eigenvalue weighted by Crippen LogP contribution is 2.21. The van der Waals surface area contributed by atoms with Gasteiger partial charge in [-0.1, -0.05) is 56.3 Å². The Labute approximate surface area is 130 Å². The molecule has 0 saturated carbocycles. The molecule has 7 heteroatoms. The summed E-state index contributed by atoms with van der Waals surface area (Å²) in [5.74, 6) is -0.223. The molecule has 22 heavy (non-hydrogen) atoms. The van der Waals surface area contributed by atoms with Gasteiger partial charge in [0.2, 0.25) is 5.89 Å². The van der Waals surface area contributed by atoms with E-state index < -0.39 is 15.9 Å². The molecular weight excluding hydrogens is 304 g/mol. The first-order valence-electron chi connectivity index (χ1n) is 6.94. The zero-order chi connectivity index (χ0) is 16.4. The van der Waals surface area contributed by atoms with Gasteiger partial charge in [-0.3, -0.25) is 0 Å². The van der Waals surface area contributed by atoms with Gasteiger partial charge in [-0.05, 0) is 5.56 Å². The predicted molar refractivity (Wildman–Crippen MR) is 81.9 cm³/mol. The fourth-order valence-electron chi connectivity index (χ4n) is 1.88. The van der Waals surface area contributed by atoms with Gasteiger partial charge >= 0.3 is 0 Å². The van der Waals surface area contributed by atoms with E-state index in [2.05, 4.69) is 10.1 Å². The van der Waals surface area contributed by atoms with E-state index in [0.717, 1.165) is 0 Å². The SMILES string of the molecule is CC(C)(C)c1nc(CS(=O)(=O)C[C@H](O)c2ccccc2)no1. The monoisotopic (exact) mass is 324 g/mol. The van der Waals surface area contributed by atoms with Gasteiger partial charge in [-0.2, -0.15) is 4.98 Å². The van der Waals surface area contributed by atoms with Crippen LogP contribution in [-0.2, 0) is 21.0 Å². The van der Waals surface area contributed by atoms with Gasteiger partial charge in [0.05, 0.1) is 11.9 Å². The van der Waals surface area contributed by atoms with Gasteiger partial charge in [-0.25, -0.2) is 8.42 Å². The molecule has 0 aliphatic heterocycles. The molecule has 0 amide bonds. The van der Waals surface area contributed by atoms with E-state index in [1.165, 1.54) is 0 Å². The predicted octanol–water partition coefficient (Wildman–Crippen LogP) is 2.02. The summed E-state index contributed by atoms with van der Waals surface area (Å²) in [6.07, 6.45) is -1.07. The highest BCUT2D eigenvalue weighted by Gasteiger charge is 2.25. The first-order valence-corrected chi connectivity index (χ1v) is 8.76. The topological polar surface area (TPSA) is 93.3 Å². The quantitative estimate of drug-likeness (QED) is 0.904. The van der Waals surface area contributed by atoms with Crippen molar-refractivity contribution in [1.29, 1.82) is 0 Å². The van der Waals surface area contributed by atoms with Crippen LogP contribution in [0.25, 0.3) is 0 Å². The largest absolute Gasteiger partial charge is 0.387 e. The molecule has 0 spiro atoms. The molecule has 6 nitrogen and oxygen atoms in total. The number of aliphatic hydroxyl groups is 1. The maximum atomic E-state index is 12.2. The number of rotatable bonds is 5. The summed E-state index contributed by atoms with van der Waals surface area (Å²) in [6, 6.07) is 8.68. The van der Waals surface area contributed by atoms with E-state index >= 15 is 0 Å². The van der Waals surface area contributed by atoms with Crippen LogP contribution < -0.4 is 0 Å². The molecule has 2 rings (SSSR count). The minimum absolute atomic E-state index is 0.116. The van der Waals surface area contributed by atoms with Gasteiger partial charge < -0.3 is 9.63 Å². The summed E-state index contributed by atoms with van der Waals surface area (Å²) in [6.45, 7) is 5.70. The number of sulfone groups is 1. The van der Waals surface area contributed by atoms with Crippen LogP contribution in [-0.4, -0.2) is 29.4 Å². The van der Waals surface area contributed by atoms with Crippen molar-refractivity contribution in [2.24, 2.45) is 0 Å². The van der Waals surface area contributed by atoms with E-state index in [4.69, 9.17) is 4.52 Å². The van der Waals surface area contributed by atoms with Crippen LogP contribution >= 0.6 is 0 Å². The zero-order valence-electron chi connectivity index (χ0n) is 12.9. The van der Waals surface area contributed by atoms with Crippen molar-refractivity contribution in [1.82, 2.24) is 10.1 Å². The van der Waals surface area contributed by atoms with Crippen molar-refractivity contribution < 1.29 is 18.0 Å². The minimum atomic E-state index is -3.55. The zero-order valence-corrected chi connectivity index (χ0v) is 13.7. The van der Waals surface area contributed by atoms with E-state index in [9.17, 15) is 13.5 Å². The number of hydrogen-bond acceptors (Lipinski definition) is 6. The Morgan fingerprint density at radius 2 is 1.86 bits per heavy atom. The molecule has 0 unspecified atom stereocenters. The molecule has 1 heterocycles. The van der Waals surface area contributed by atoms with Crippen molar-refractivity contribution in [3.8, 4) is 0 Å². The fourth-order valence-corrected chi connectivity index (χ4v) is 3.19. The molecule has 2 aromatic rings. The molecule has 1 aromatic heterocycles. The minimum Gasteiger partial charge on any atom is -0.387 e. The normalized spacial score (nSPS) is 14.0. The highest BCUT2D eigenvalue weighted by molar-refractivity contribution is 7.90. The second-order valence-corrected chi connectivity index (χ2v) is 8.36. The molecule has 1 aromatic carbocycles. The second kappa shape index (κ2) is 6.18. The van der Waals surface area contributed by atoms with Gasteiger partial charge in [-0.15, -0.1) is 0 Å². The molecule has 0 fully saturated rings. The van der Waals surface area contributed by atoms with Crippen molar-refractivity contribution in [2.75, 3.05) is 5.75 Å². The van der Waals surface area contributed by atoms with Crippen molar-refractivity contribution >= 4 is 9.84 Å². The Kier molecular flexibility index (Phi) is 4.67.